The second kappa shape index (κ2) is 9.56. The van der Waals surface area contributed by atoms with Crippen molar-refractivity contribution >= 4 is 41.2 Å². The first-order chi connectivity index (χ1) is 15.0. The topological polar surface area (TPSA) is 70.2 Å². The first-order valence-corrected chi connectivity index (χ1v) is 11.2. The summed E-state index contributed by atoms with van der Waals surface area (Å²) in [6, 6.07) is 16.4. The van der Waals surface area contributed by atoms with Gasteiger partial charge in [-0.1, -0.05) is 24.3 Å². The Balaban J connectivity index is 1.32. The van der Waals surface area contributed by atoms with Crippen molar-refractivity contribution in [2.75, 3.05) is 24.3 Å². The maximum absolute atomic E-state index is 12.4. The molecular weight excluding hydrogens is 406 g/mol. The first-order valence-electron chi connectivity index (χ1n) is 10.8. The standard InChI is InChI=1S/C24H29N5OS/c1-29(2)23-20-5-3-4-6-21(20)27-24(28-23)26-18-11-9-17(10-12-18)25-22(30)15-16-7-13-19(31)14-8-16/h3-8,13-14,17-18,31H,9-12,15H2,1-2H3,(H,25,30)(H,26,27,28). The van der Waals surface area contributed by atoms with E-state index in [1.54, 1.807) is 0 Å². The fraction of sp³-hybridized carbons (Fsp3) is 0.375. The van der Waals surface area contributed by atoms with Gasteiger partial charge in [-0.25, -0.2) is 4.98 Å². The molecule has 0 unspecified atom stereocenters. The van der Waals surface area contributed by atoms with Crippen molar-refractivity contribution in [1.29, 1.82) is 0 Å². The van der Waals surface area contributed by atoms with E-state index in [2.05, 4.69) is 29.3 Å². The van der Waals surface area contributed by atoms with Crippen LogP contribution in [0, 0.1) is 0 Å². The summed E-state index contributed by atoms with van der Waals surface area (Å²) in [7, 11) is 4.00. The molecule has 0 bridgehead atoms. The molecule has 0 aliphatic heterocycles. The number of para-hydroxylation sites is 1. The van der Waals surface area contributed by atoms with Crippen molar-refractivity contribution in [3.05, 3.63) is 54.1 Å². The number of carbonyl (C=O) groups is 1. The van der Waals surface area contributed by atoms with Gasteiger partial charge < -0.3 is 15.5 Å². The lowest BCUT2D eigenvalue weighted by Crippen LogP contribution is -2.40. The number of hydrogen-bond acceptors (Lipinski definition) is 6. The van der Waals surface area contributed by atoms with Gasteiger partial charge in [0, 0.05) is 36.5 Å². The monoisotopic (exact) mass is 435 g/mol. The van der Waals surface area contributed by atoms with E-state index in [0.717, 1.165) is 52.9 Å². The quantitative estimate of drug-likeness (QED) is 0.509. The Morgan fingerprint density at radius 2 is 1.68 bits per heavy atom. The van der Waals surface area contributed by atoms with Gasteiger partial charge in [0.15, 0.2) is 0 Å². The molecular formula is C24H29N5OS. The first kappa shape index (κ1) is 21.4. The highest BCUT2D eigenvalue weighted by molar-refractivity contribution is 7.80. The molecule has 3 aromatic rings. The molecule has 0 radical (unpaired) electrons. The highest BCUT2D eigenvalue weighted by Gasteiger charge is 2.23. The van der Waals surface area contributed by atoms with Crippen LogP contribution in [0.3, 0.4) is 0 Å². The number of benzene rings is 2. The molecule has 1 fully saturated rings. The van der Waals surface area contributed by atoms with E-state index >= 15 is 0 Å². The lowest BCUT2D eigenvalue weighted by Gasteiger charge is -2.30. The lowest BCUT2D eigenvalue weighted by molar-refractivity contribution is -0.121. The average Bonchev–Trinajstić information content (AvgIpc) is 2.76. The van der Waals surface area contributed by atoms with E-state index in [4.69, 9.17) is 9.97 Å². The molecule has 0 saturated heterocycles. The summed E-state index contributed by atoms with van der Waals surface area (Å²) in [4.78, 5) is 24.8. The molecule has 0 atom stereocenters. The molecule has 1 heterocycles. The Bertz CT molecular complexity index is 1050. The van der Waals surface area contributed by atoms with Crippen molar-refractivity contribution in [1.82, 2.24) is 15.3 Å². The zero-order chi connectivity index (χ0) is 21.8. The van der Waals surface area contributed by atoms with Crippen LogP contribution in [-0.4, -0.2) is 42.1 Å². The Morgan fingerprint density at radius 1 is 1.00 bits per heavy atom. The van der Waals surface area contributed by atoms with Gasteiger partial charge in [0.2, 0.25) is 11.9 Å². The molecule has 162 valence electrons. The van der Waals surface area contributed by atoms with Crippen LogP contribution in [0.2, 0.25) is 0 Å². The number of fused-ring (bicyclic) bond motifs is 1. The van der Waals surface area contributed by atoms with Crippen LogP contribution in [0.15, 0.2) is 53.4 Å². The van der Waals surface area contributed by atoms with Gasteiger partial charge in [-0.15, -0.1) is 12.6 Å². The highest BCUT2D eigenvalue weighted by atomic mass is 32.1. The van der Waals surface area contributed by atoms with Crippen LogP contribution in [0.25, 0.3) is 10.9 Å². The third-order valence-electron chi connectivity index (χ3n) is 5.73. The Hall–Kier alpha value is -2.80. The van der Waals surface area contributed by atoms with Crippen molar-refractivity contribution in [3.8, 4) is 0 Å². The summed E-state index contributed by atoms with van der Waals surface area (Å²) in [5, 5.41) is 7.76. The minimum Gasteiger partial charge on any atom is -0.362 e. The third-order valence-corrected chi connectivity index (χ3v) is 6.03. The molecule has 2 N–H and O–H groups in total. The van der Waals surface area contributed by atoms with Crippen LogP contribution >= 0.6 is 12.6 Å². The maximum Gasteiger partial charge on any atom is 0.225 e. The van der Waals surface area contributed by atoms with Gasteiger partial charge in [0.1, 0.15) is 5.82 Å². The van der Waals surface area contributed by atoms with Crippen molar-refractivity contribution in [3.63, 3.8) is 0 Å². The minimum atomic E-state index is 0.0804. The van der Waals surface area contributed by atoms with Gasteiger partial charge >= 0.3 is 0 Å². The van der Waals surface area contributed by atoms with Crippen LogP contribution < -0.4 is 15.5 Å². The molecule has 7 heteroatoms. The van der Waals surface area contributed by atoms with E-state index in [9.17, 15) is 4.79 Å². The summed E-state index contributed by atoms with van der Waals surface area (Å²) < 4.78 is 0. The van der Waals surface area contributed by atoms with Crippen molar-refractivity contribution in [2.24, 2.45) is 0 Å². The second-order valence-corrected chi connectivity index (χ2v) is 8.90. The smallest absolute Gasteiger partial charge is 0.225 e. The van der Waals surface area contributed by atoms with Crippen LogP contribution in [0.5, 0.6) is 0 Å². The summed E-state index contributed by atoms with van der Waals surface area (Å²) in [6.07, 6.45) is 4.27. The molecule has 0 spiro atoms. The molecule has 4 rings (SSSR count). The van der Waals surface area contributed by atoms with Gasteiger partial charge in [-0.3, -0.25) is 4.79 Å². The molecule has 31 heavy (non-hydrogen) atoms. The van der Waals surface area contributed by atoms with Crippen molar-refractivity contribution in [2.45, 2.75) is 49.1 Å². The number of rotatable bonds is 6. The Kier molecular flexibility index (Phi) is 6.61. The maximum atomic E-state index is 12.4. The number of nitrogens with one attached hydrogen (secondary N) is 2. The molecule has 1 aliphatic rings. The van der Waals surface area contributed by atoms with Crippen molar-refractivity contribution < 1.29 is 4.79 Å². The zero-order valence-corrected chi connectivity index (χ0v) is 18.9. The van der Waals surface area contributed by atoms with Crippen LogP contribution in [0.1, 0.15) is 31.2 Å². The Morgan fingerprint density at radius 3 is 2.39 bits per heavy atom. The van der Waals surface area contributed by atoms with E-state index in [0.29, 0.717) is 18.4 Å². The molecule has 2 aromatic carbocycles. The lowest BCUT2D eigenvalue weighted by atomic mass is 9.91. The van der Waals surface area contributed by atoms with Crippen LogP contribution in [0.4, 0.5) is 11.8 Å². The van der Waals surface area contributed by atoms with E-state index in [1.807, 2.05) is 61.5 Å². The van der Waals surface area contributed by atoms with Gasteiger partial charge in [-0.05, 0) is 55.5 Å². The van der Waals surface area contributed by atoms with Crippen LogP contribution in [-0.2, 0) is 11.2 Å². The fourth-order valence-corrected chi connectivity index (χ4v) is 4.26. The van der Waals surface area contributed by atoms with E-state index < -0.39 is 0 Å². The number of carbonyl (C=O) groups excluding carboxylic acids is 1. The van der Waals surface area contributed by atoms with Gasteiger partial charge in [-0.2, -0.15) is 4.98 Å². The minimum absolute atomic E-state index is 0.0804. The number of nitrogens with zero attached hydrogens (tertiary/aromatic N) is 3. The number of hydrogen-bond donors (Lipinski definition) is 3. The SMILES string of the molecule is CN(C)c1nc(NC2CCC(NC(=O)Cc3ccc(S)cc3)CC2)nc2ccccc12. The van der Waals surface area contributed by atoms with E-state index in [-0.39, 0.29) is 11.9 Å². The van der Waals surface area contributed by atoms with Gasteiger partial charge in [0.05, 0.1) is 11.9 Å². The third kappa shape index (κ3) is 5.47. The average molecular weight is 436 g/mol. The summed E-state index contributed by atoms with van der Waals surface area (Å²) in [6.45, 7) is 0. The zero-order valence-electron chi connectivity index (χ0n) is 18.0. The number of anilines is 2. The van der Waals surface area contributed by atoms with E-state index in [1.165, 1.54) is 0 Å². The summed E-state index contributed by atoms with van der Waals surface area (Å²) >= 11 is 4.29. The number of thiol groups is 1. The predicted molar refractivity (Wildman–Crippen MR) is 129 cm³/mol. The molecule has 6 nitrogen and oxygen atoms in total. The summed E-state index contributed by atoms with van der Waals surface area (Å²) in [5.41, 5.74) is 1.95. The molecule has 1 aromatic heterocycles. The fourth-order valence-electron chi connectivity index (χ4n) is 4.11. The molecule has 1 aliphatic carbocycles. The Labute approximate surface area is 188 Å². The molecule has 1 saturated carbocycles. The number of aromatic nitrogens is 2. The number of amides is 1. The summed E-state index contributed by atoms with van der Waals surface area (Å²) in [5.74, 6) is 1.67. The van der Waals surface area contributed by atoms with Gasteiger partial charge in [0.25, 0.3) is 0 Å². The highest BCUT2D eigenvalue weighted by Crippen LogP contribution is 2.26. The largest absolute Gasteiger partial charge is 0.362 e. The second-order valence-electron chi connectivity index (χ2n) is 8.39. The molecule has 1 amide bonds. The normalized spacial score (nSPS) is 18.5. The predicted octanol–water partition coefficient (Wildman–Crippen LogP) is 4.07.